The lowest BCUT2D eigenvalue weighted by Gasteiger charge is -2.05. The standard InChI is InChI=1S/C14H10N4O7/c1-23-14(20)10-4-9(18(21)22)5-17(13(10)19)6-11-15-12(16-25-11)8-2-3-24-7-8/h2-5,7H,6H2,1H3. The van der Waals surface area contributed by atoms with Crippen molar-refractivity contribution in [3.8, 4) is 11.4 Å². The molecule has 3 heterocycles. The number of hydrogen-bond donors (Lipinski definition) is 0. The molecule has 128 valence electrons. The summed E-state index contributed by atoms with van der Waals surface area (Å²) in [6, 6.07) is 2.47. The predicted molar refractivity (Wildman–Crippen MR) is 79.8 cm³/mol. The van der Waals surface area contributed by atoms with E-state index in [1.165, 1.54) is 12.5 Å². The van der Waals surface area contributed by atoms with Crippen LogP contribution in [-0.4, -0.2) is 32.7 Å². The van der Waals surface area contributed by atoms with E-state index in [-0.39, 0.29) is 18.3 Å². The minimum absolute atomic E-state index is 0.0228. The Hall–Kier alpha value is -3.76. The first-order valence-corrected chi connectivity index (χ1v) is 6.82. The van der Waals surface area contributed by atoms with Gasteiger partial charge in [-0.2, -0.15) is 4.98 Å². The number of aromatic nitrogens is 3. The van der Waals surface area contributed by atoms with Crippen LogP contribution in [0.15, 0.2) is 44.6 Å². The van der Waals surface area contributed by atoms with E-state index < -0.39 is 27.7 Å². The molecule has 0 atom stereocenters. The van der Waals surface area contributed by atoms with Crippen LogP contribution in [0.25, 0.3) is 11.4 Å². The number of carbonyl (C=O) groups is 1. The van der Waals surface area contributed by atoms with Crippen molar-refractivity contribution in [3.63, 3.8) is 0 Å². The van der Waals surface area contributed by atoms with E-state index in [1.807, 2.05) is 0 Å². The van der Waals surface area contributed by atoms with Crippen LogP contribution in [0.5, 0.6) is 0 Å². The summed E-state index contributed by atoms with van der Waals surface area (Å²) in [5.41, 5.74) is -1.13. The third kappa shape index (κ3) is 3.15. The number of nitro groups is 1. The maximum absolute atomic E-state index is 12.3. The Balaban J connectivity index is 1.99. The quantitative estimate of drug-likeness (QED) is 0.378. The average Bonchev–Trinajstić information content (AvgIpc) is 3.27. The van der Waals surface area contributed by atoms with Gasteiger partial charge in [-0.25, -0.2) is 4.79 Å². The van der Waals surface area contributed by atoms with Crippen molar-refractivity contribution in [2.45, 2.75) is 6.54 Å². The summed E-state index contributed by atoms with van der Waals surface area (Å²) in [4.78, 5) is 38.3. The maximum Gasteiger partial charge on any atom is 0.343 e. The molecule has 0 aliphatic rings. The van der Waals surface area contributed by atoms with E-state index in [9.17, 15) is 19.7 Å². The summed E-state index contributed by atoms with van der Waals surface area (Å²) in [7, 11) is 1.07. The van der Waals surface area contributed by atoms with Crippen molar-refractivity contribution >= 4 is 11.7 Å². The highest BCUT2D eigenvalue weighted by Gasteiger charge is 2.21. The molecule has 0 saturated carbocycles. The number of nitrogens with zero attached hydrogens (tertiary/aromatic N) is 4. The molecule has 0 fully saturated rings. The predicted octanol–water partition coefficient (Wildman–Crippen LogP) is 1.23. The van der Waals surface area contributed by atoms with Crippen molar-refractivity contribution in [1.82, 2.24) is 14.7 Å². The van der Waals surface area contributed by atoms with Gasteiger partial charge in [0.25, 0.3) is 11.2 Å². The van der Waals surface area contributed by atoms with E-state index in [0.717, 1.165) is 23.9 Å². The smallest absolute Gasteiger partial charge is 0.343 e. The van der Waals surface area contributed by atoms with Gasteiger partial charge in [0.1, 0.15) is 18.4 Å². The number of methoxy groups -OCH3 is 1. The van der Waals surface area contributed by atoms with Crippen molar-refractivity contribution in [1.29, 1.82) is 0 Å². The van der Waals surface area contributed by atoms with Gasteiger partial charge in [0.05, 0.1) is 30.1 Å². The Morgan fingerprint density at radius 2 is 2.28 bits per heavy atom. The number of pyridine rings is 1. The lowest BCUT2D eigenvalue weighted by Crippen LogP contribution is -2.27. The Morgan fingerprint density at radius 1 is 1.48 bits per heavy atom. The van der Waals surface area contributed by atoms with Gasteiger partial charge < -0.3 is 13.7 Å². The number of ether oxygens (including phenoxy) is 1. The Labute approximate surface area is 138 Å². The van der Waals surface area contributed by atoms with Gasteiger partial charge >= 0.3 is 5.97 Å². The molecule has 0 aliphatic carbocycles. The molecular formula is C14H10N4O7. The molecular weight excluding hydrogens is 336 g/mol. The molecule has 0 aliphatic heterocycles. The van der Waals surface area contributed by atoms with Crippen molar-refractivity contribution in [2.24, 2.45) is 0 Å². The molecule has 11 nitrogen and oxygen atoms in total. The molecule has 0 spiro atoms. The first-order valence-electron chi connectivity index (χ1n) is 6.82. The molecule has 0 aromatic carbocycles. The van der Waals surface area contributed by atoms with E-state index in [0.29, 0.717) is 5.56 Å². The molecule has 3 rings (SSSR count). The molecule has 0 amide bonds. The van der Waals surface area contributed by atoms with Crippen molar-refractivity contribution in [2.75, 3.05) is 7.11 Å². The van der Waals surface area contributed by atoms with Gasteiger partial charge in [0, 0.05) is 6.07 Å². The zero-order valence-corrected chi connectivity index (χ0v) is 12.7. The van der Waals surface area contributed by atoms with Gasteiger partial charge in [-0.15, -0.1) is 0 Å². The fourth-order valence-corrected chi connectivity index (χ4v) is 2.07. The Bertz CT molecular complexity index is 987. The average molecular weight is 346 g/mol. The lowest BCUT2D eigenvalue weighted by molar-refractivity contribution is -0.385. The summed E-state index contributed by atoms with van der Waals surface area (Å²) in [6.45, 7) is -0.255. The monoisotopic (exact) mass is 346 g/mol. The van der Waals surface area contributed by atoms with Crippen LogP contribution in [0.1, 0.15) is 16.2 Å². The number of rotatable bonds is 5. The van der Waals surface area contributed by atoms with E-state index in [2.05, 4.69) is 14.9 Å². The minimum Gasteiger partial charge on any atom is -0.472 e. The van der Waals surface area contributed by atoms with Gasteiger partial charge in [0.15, 0.2) is 0 Å². The van der Waals surface area contributed by atoms with Crippen molar-refractivity contribution < 1.29 is 23.4 Å². The van der Waals surface area contributed by atoms with Crippen molar-refractivity contribution in [3.05, 3.63) is 62.8 Å². The number of hydrogen-bond acceptors (Lipinski definition) is 9. The molecule has 3 aromatic rings. The third-order valence-corrected chi connectivity index (χ3v) is 3.24. The number of carbonyl (C=O) groups excluding carboxylic acids is 1. The van der Waals surface area contributed by atoms with Crippen LogP contribution in [0.3, 0.4) is 0 Å². The van der Waals surface area contributed by atoms with E-state index >= 15 is 0 Å². The molecule has 11 heteroatoms. The van der Waals surface area contributed by atoms with Gasteiger partial charge in [-0.1, -0.05) is 5.16 Å². The molecule has 3 aromatic heterocycles. The third-order valence-electron chi connectivity index (χ3n) is 3.24. The fourth-order valence-electron chi connectivity index (χ4n) is 2.07. The van der Waals surface area contributed by atoms with Crippen LogP contribution >= 0.6 is 0 Å². The highest BCUT2D eigenvalue weighted by atomic mass is 16.6. The summed E-state index contributed by atoms with van der Waals surface area (Å²) >= 11 is 0. The number of esters is 1. The van der Waals surface area contributed by atoms with Crippen LogP contribution in [-0.2, 0) is 11.3 Å². The minimum atomic E-state index is -0.980. The lowest BCUT2D eigenvalue weighted by atomic mass is 10.2. The second-order valence-corrected chi connectivity index (χ2v) is 4.82. The number of furan rings is 1. The largest absolute Gasteiger partial charge is 0.472 e. The summed E-state index contributed by atoms with van der Waals surface area (Å²) < 4.78 is 15.3. The topological polar surface area (TPSA) is 144 Å². The van der Waals surface area contributed by atoms with Crippen LogP contribution in [0.4, 0.5) is 5.69 Å². The second-order valence-electron chi connectivity index (χ2n) is 4.82. The van der Waals surface area contributed by atoms with Crippen LogP contribution < -0.4 is 5.56 Å². The van der Waals surface area contributed by atoms with Crippen LogP contribution in [0.2, 0.25) is 0 Å². The molecule has 0 saturated heterocycles. The second kappa shape index (κ2) is 6.39. The normalized spacial score (nSPS) is 10.6. The van der Waals surface area contributed by atoms with Gasteiger partial charge in [-0.05, 0) is 6.07 Å². The van der Waals surface area contributed by atoms with Gasteiger partial charge in [0.2, 0.25) is 11.7 Å². The summed E-state index contributed by atoms with van der Waals surface area (Å²) in [5.74, 6) is -0.725. The zero-order chi connectivity index (χ0) is 18.0. The summed E-state index contributed by atoms with van der Waals surface area (Å²) in [6.07, 6.45) is 3.82. The van der Waals surface area contributed by atoms with E-state index in [1.54, 1.807) is 6.07 Å². The fraction of sp³-hybridized carbons (Fsp3) is 0.143. The Kier molecular flexibility index (Phi) is 4.12. The van der Waals surface area contributed by atoms with Gasteiger partial charge in [-0.3, -0.25) is 19.5 Å². The first-order chi connectivity index (χ1) is 12.0. The highest BCUT2D eigenvalue weighted by Crippen LogP contribution is 2.17. The molecule has 0 bridgehead atoms. The highest BCUT2D eigenvalue weighted by molar-refractivity contribution is 5.89. The summed E-state index contributed by atoms with van der Waals surface area (Å²) in [5, 5.41) is 14.7. The van der Waals surface area contributed by atoms with Crippen LogP contribution in [0, 0.1) is 10.1 Å². The molecule has 0 unspecified atom stereocenters. The first kappa shape index (κ1) is 16.1. The molecule has 0 N–H and O–H groups in total. The maximum atomic E-state index is 12.3. The molecule has 0 radical (unpaired) electrons. The molecule has 25 heavy (non-hydrogen) atoms. The Morgan fingerprint density at radius 3 is 2.92 bits per heavy atom. The zero-order valence-electron chi connectivity index (χ0n) is 12.7. The van der Waals surface area contributed by atoms with E-state index in [4.69, 9.17) is 8.94 Å². The SMILES string of the molecule is COC(=O)c1cc([N+](=O)[O-])cn(Cc2nc(-c3ccoc3)no2)c1=O.